The molecule has 0 aliphatic heterocycles. The third-order valence-corrected chi connectivity index (χ3v) is 4.35. The van der Waals surface area contributed by atoms with Crippen molar-refractivity contribution in [2.24, 2.45) is 5.14 Å². The number of carbonyl (C=O) groups is 1. The van der Waals surface area contributed by atoms with E-state index in [1.54, 1.807) is 12.1 Å². The van der Waals surface area contributed by atoms with Crippen LogP contribution in [0.2, 0.25) is 0 Å². The molecule has 0 saturated heterocycles. The Labute approximate surface area is 145 Å². The van der Waals surface area contributed by atoms with Gasteiger partial charge in [0.05, 0.1) is 6.54 Å². The van der Waals surface area contributed by atoms with Crippen LogP contribution >= 0.6 is 0 Å². The third kappa shape index (κ3) is 3.96. The zero-order valence-electron chi connectivity index (χ0n) is 13.2. The molecule has 1 heterocycles. The summed E-state index contributed by atoms with van der Waals surface area (Å²) in [6, 6.07) is 21.0. The maximum atomic E-state index is 12.9. The van der Waals surface area contributed by atoms with Crippen molar-refractivity contribution in [1.82, 2.24) is 0 Å². The predicted octanol–water partition coefficient (Wildman–Crippen LogP) is 2.77. The van der Waals surface area contributed by atoms with Crippen LogP contribution in [0.15, 0.2) is 82.3 Å². The van der Waals surface area contributed by atoms with Crippen LogP contribution in [-0.2, 0) is 16.6 Å². The van der Waals surface area contributed by atoms with E-state index in [0.29, 0.717) is 12.2 Å². The second kappa shape index (κ2) is 6.92. The molecule has 1 amide bonds. The number of primary sulfonamides is 1. The molecule has 0 unspecified atom stereocenters. The lowest BCUT2D eigenvalue weighted by Gasteiger charge is -2.22. The molecule has 128 valence electrons. The van der Waals surface area contributed by atoms with Gasteiger partial charge in [0.25, 0.3) is 15.9 Å². The number of para-hydroxylation sites is 1. The molecule has 6 nitrogen and oxygen atoms in total. The van der Waals surface area contributed by atoms with Gasteiger partial charge in [-0.15, -0.1) is 0 Å². The summed E-state index contributed by atoms with van der Waals surface area (Å²) in [5.41, 5.74) is 1.60. The van der Waals surface area contributed by atoms with Gasteiger partial charge in [0.1, 0.15) is 0 Å². The molecule has 0 aliphatic carbocycles. The smallest absolute Gasteiger partial charge is 0.294 e. The van der Waals surface area contributed by atoms with Crippen molar-refractivity contribution in [3.8, 4) is 0 Å². The van der Waals surface area contributed by atoms with Crippen molar-refractivity contribution in [3.63, 3.8) is 0 Å². The summed E-state index contributed by atoms with van der Waals surface area (Å²) in [5, 5.41) is 4.59. The van der Waals surface area contributed by atoms with Crippen LogP contribution in [-0.4, -0.2) is 14.3 Å². The molecule has 25 heavy (non-hydrogen) atoms. The standard InChI is InChI=1S/C18H16N2O4S/c19-25(22,23)17-12-11-16(24-17)18(21)20(15-9-5-2-6-10-15)13-14-7-3-1-4-8-14/h1-12H,13H2,(H2,19,22,23). The number of amides is 1. The number of nitrogens with two attached hydrogens (primary N) is 1. The first-order valence-electron chi connectivity index (χ1n) is 7.48. The van der Waals surface area contributed by atoms with Gasteiger partial charge in [-0.3, -0.25) is 4.79 Å². The second-order valence-electron chi connectivity index (χ2n) is 5.38. The molecule has 2 aromatic carbocycles. The Balaban J connectivity index is 1.96. The van der Waals surface area contributed by atoms with Gasteiger partial charge in [0.15, 0.2) is 5.76 Å². The minimum atomic E-state index is -4.00. The lowest BCUT2D eigenvalue weighted by atomic mass is 10.2. The van der Waals surface area contributed by atoms with Crippen molar-refractivity contribution < 1.29 is 17.6 Å². The van der Waals surface area contributed by atoms with E-state index in [0.717, 1.165) is 5.56 Å². The molecule has 0 atom stereocenters. The predicted molar refractivity (Wildman–Crippen MR) is 93.5 cm³/mol. The summed E-state index contributed by atoms with van der Waals surface area (Å²) in [6.45, 7) is 0.315. The Hall–Kier alpha value is -2.90. The average Bonchev–Trinajstić information content (AvgIpc) is 3.11. The van der Waals surface area contributed by atoms with Gasteiger partial charge in [-0.05, 0) is 29.8 Å². The number of rotatable bonds is 5. The number of anilines is 1. The molecule has 7 heteroatoms. The topological polar surface area (TPSA) is 93.6 Å². The molecule has 0 radical (unpaired) electrons. The van der Waals surface area contributed by atoms with Gasteiger partial charge in [-0.2, -0.15) is 0 Å². The van der Waals surface area contributed by atoms with Crippen LogP contribution in [0.25, 0.3) is 0 Å². The second-order valence-corrected chi connectivity index (χ2v) is 6.87. The van der Waals surface area contributed by atoms with Crippen LogP contribution in [0.4, 0.5) is 5.69 Å². The average molecular weight is 356 g/mol. The number of benzene rings is 2. The van der Waals surface area contributed by atoms with E-state index in [1.165, 1.54) is 17.0 Å². The number of carbonyl (C=O) groups excluding carboxylic acids is 1. The first-order chi connectivity index (χ1) is 11.9. The van der Waals surface area contributed by atoms with E-state index in [9.17, 15) is 13.2 Å². The summed E-state index contributed by atoms with van der Waals surface area (Å²) >= 11 is 0. The molecular formula is C18H16N2O4S. The van der Waals surface area contributed by atoms with Gasteiger partial charge in [0.2, 0.25) is 5.09 Å². The Morgan fingerprint density at radius 3 is 2.08 bits per heavy atom. The summed E-state index contributed by atoms with van der Waals surface area (Å²) in [5.74, 6) is -0.547. The monoisotopic (exact) mass is 356 g/mol. The Morgan fingerprint density at radius 2 is 1.52 bits per heavy atom. The van der Waals surface area contributed by atoms with Crippen molar-refractivity contribution in [3.05, 3.63) is 84.1 Å². The zero-order chi connectivity index (χ0) is 17.9. The quantitative estimate of drug-likeness (QED) is 0.760. The van der Waals surface area contributed by atoms with Crippen LogP contribution in [0.1, 0.15) is 16.1 Å². The minimum absolute atomic E-state index is 0.0937. The fraction of sp³-hybridized carbons (Fsp3) is 0.0556. The Morgan fingerprint density at radius 1 is 0.920 bits per heavy atom. The highest BCUT2D eigenvalue weighted by atomic mass is 32.2. The molecule has 0 fully saturated rings. The molecule has 1 aromatic heterocycles. The van der Waals surface area contributed by atoms with Gasteiger partial charge < -0.3 is 9.32 Å². The van der Waals surface area contributed by atoms with Crippen molar-refractivity contribution in [1.29, 1.82) is 0 Å². The summed E-state index contributed by atoms with van der Waals surface area (Å²) in [7, 11) is -4.00. The maximum Gasteiger partial charge on any atom is 0.294 e. The van der Waals surface area contributed by atoms with Crippen molar-refractivity contribution in [2.75, 3.05) is 4.90 Å². The lowest BCUT2D eigenvalue weighted by Crippen LogP contribution is -2.30. The van der Waals surface area contributed by atoms with Gasteiger partial charge >= 0.3 is 0 Å². The molecule has 3 rings (SSSR count). The summed E-state index contributed by atoms with van der Waals surface area (Å²) in [6.07, 6.45) is 0. The van der Waals surface area contributed by atoms with Crippen LogP contribution < -0.4 is 10.0 Å². The molecule has 2 N–H and O–H groups in total. The first-order valence-corrected chi connectivity index (χ1v) is 9.03. The number of furan rings is 1. The van der Waals surface area contributed by atoms with Crippen LogP contribution in [0.3, 0.4) is 0 Å². The van der Waals surface area contributed by atoms with Gasteiger partial charge in [0, 0.05) is 5.69 Å². The van der Waals surface area contributed by atoms with E-state index in [-0.39, 0.29) is 5.76 Å². The van der Waals surface area contributed by atoms with Crippen molar-refractivity contribution >= 4 is 21.6 Å². The molecular weight excluding hydrogens is 340 g/mol. The fourth-order valence-electron chi connectivity index (χ4n) is 2.38. The number of sulfonamides is 1. The first kappa shape index (κ1) is 16.9. The number of hydrogen-bond acceptors (Lipinski definition) is 4. The normalized spacial score (nSPS) is 11.2. The summed E-state index contributed by atoms with van der Waals surface area (Å²) < 4.78 is 27.9. The third-order valence-electron chi connectivity index (χ3n) is 3.57. The van der Waals surface area contributed by atoms with Crippen LogP contribution in [0.5, 0.6) is 0 Å². The largest absolute Gasteiger partial charge is 0.438 e. The maximum absolute atomic E-state index is 12.9. The van der Waals surface area contributed by atoms with Crippen molar-refractivity contribution in [2.45, 2.75) is 11.6 Å². The van der Waals surface area contributed by atoms with Gasteiger partial charge in [-0.1, -0.05) is 48.5 Å². The highest BCUT2D eigenvalue weighted by Crippen LogP contribution is 2.22. The Kier molecular flexibility index (Phi) is 4.69. The van der Waals surface area contributed by atoms with E-state index in [2.05, 4.69) is 0 Å². The number of hydrogen-bond donors (Lipinski definition) is 1. The van der Waals surface area contributed by atoms with E-state index < -0.39 is 21.0 Å². The molecule has 0 bridgehead atoms. The van der Waals surface area contributed by atoms with E-state index in [4.69, 9.17) is 9.56 Å². The highest BCUT2D eigenvalue weighted by Gasteiger charge is 2.23. The lowest BCUT2D eigenvalue weighted by molar-refractivity contribution is 0.0953. The van der Waals surface area contributed by atoms with Crippen LogP contribution in [0, 0.1) is 0 Å². The number of nitrogens with zero attached hydrogens (tertiary/aromatic N) is 1. The molecule has 0 spiro atoms. The molecule has 0 aliphatic rings. The zero-order valence-corrected chi connectivity index (χ0v) is 14.0. The van der Waals surface area contributed by atoms with Gasteiger partial charge in [-0.25, -0.2) is 13.6 Å². The molecule has 3 aromatic rings. The van der Waals surface area contributed by atoms with E-state index in [1.807, 2.05) is 48.5 Å². The summed E-state index contributed by atoms with van der Waals surface area (Å²) in [4.78, 5) is 14.4. The molecule has 0 saturated carbocycles. The van der Waals surface area contributed by atoms with E-state index >= 15 is 0 Å². The minimum Gasteiger partial charge on any atom is -0.438 e. The Bertz CT molecular complexity index is 967. The highest BCUT2D eigenvalue weighted by molar-refractivity contribution is 7.89. The SMILES string of the molecule is NS(=O)(=O)c1ccc(C(=O)N(Cc2ccccc2)c2ccccc2)o1. The fourth-order valence-corrected chi connectivity index (χ4v) is 2.84.